The average Bonchev–Trinajstić information content (AvgIpc) is 2.31. The summed E-state index contributed by atoms with van der Waals surface area (Å²) in [6.45, 7) is 4.00. The molecule has 2 heterocycles. The fourth-order valence-electron chi connectivity index (χ4n) is 1.65. The van der Waals surface area contributed by atoms with Gasteiger partial charge in [0.15, 0.2) is 0 Å². The van der Waals surface area contributed by atoms with Crippen molar-refractivity contribution >= 4 is 40.8 Å². The standard InChI is InChI=1S/C13H13Cl2N3S/c1-7-4-8(2)17-11(5-7)19-13-10(15)6-9(14)12(16-3)18-13/h4-6H,1-3H3,(H,16,18). The molecule has 0 saturated carbocycles. The molecule has 19 heavy (non-hydrogen) atoms. The third-order valence-corrected chi connectivity index (χ3v) is 4.02. The zero-order valence-corrected chi connectivity index (χ0v) is 13.1. The molecular formula is C13H13Cl2N3S. The molecule has 2 aromatic heterocycles. The molecule has 0 aliphatic heterocycles. The van der Waals surface area contributed by atoms with E-state index < -0.39 is 0 Å². The lowest BCUT2D eigenvalue weighted by molar-refractivity contribution is 1.04. The molecule has 0 spiro atoms. The van der Waals surface area contributed by atoms with E-state index in [9.17, 15) is 0 Å². The van der Waals surface area contributed by atoms with Crippen LogP contribution in [0, 0.1) is 13.8 Å². The number of anilines is 1. The van der Waals surface area contributed by atoms with Crippen molar-refractivity contribution < 1.29 is 0 Å². The minimum absolute atomic E-state index is 0.505. The molecule has 0 fully saturated rings. The monoisotopic (exact) mass is 313 g/mol. The number of rotatable bonds is 3. The first-order valence-corrected chi connectivity index (χ1v) is 7.24. The number of pyridine rings is 2. The van der Waals surface area contributed by atoms with Crippen molar-refractivity contribution in [2.24, 2.45) is 0 Å². The average molecular weight is 314 g/mol. The lowest BCUT2D eigenvalue weighted by Crippen LogP contribution is -1.96. The molecule has 0 aromatic carbocycles. The molecule has 2 rings (SSSR count). The first-order valence-electron chi connectivity index (χ1n) is 5.66. The van der Waals surface area contributed by atoms with Gasteiger partial charge in [-0.25, -0.2) is 9.97 Å². The first-order chi connectivity index (χ1) is 8.99. The van der Waals surface area contributed by atoms with Crippen molar-refractivity contribution in [2.45, 2.75) is 23.9 Å². The Hall–Kier alpha value is -0.970. The molecule has 2 aromatic rings. The predicted molar refractivity (Wildman–Crippen MR) is 81.6 cm³/mol. The Labute approximate surface area is 126 Å². The van der Waals surface area contributed by atoms with E-state index in [0.717, 1.165) is 16.3 Å². The molecule has 1 N–H and O–H groups in total. The van der Waals surface area contributed by atoms with E-state index in [1.807, 2.05) is 26.0 Å². The van der Waals surface area contributed by atoms with Crippen LogP contribution in [0.2, 0.25) is 10.0 Å². The van der Waals surface area contributed by atoms with Crippen LogP contribution in [0.3, 0.4) is 0 Å². The van der Waals surface area contributed by atoms with Gasteiger partial charge in [-0.15, -0.1) is 0 Å². The highest BCUT2D eigenvalue weighted by Gasteiger charge is 2.11. The summed E-state index contributed by atoms with van der Waals surface area (Å²) in [5.41, 5.74) is 2.13. The van der Waals surface area contributed by atoms with Gasteiger partial charge < -0.3 is 5.32 Å². The lowest BCUT2D eigenvalue weighted by atomic mass is 10.3. The summed E-state index contributed by atoms with van der Waals surface area (Å²) in [4.78, 5) is 8.85. The van der Waals surface area contributed by atoms with Crippen LogP contribution < -0.4 is 5.32 Å². The maximum absolute atomic E-state index is 6.16. The second-order valence-corrected chi connectivity index (χ2v) is 5.91. The SMILES string of the molecule is CNc1nc(Sc2cc(C)cc(C)n2)c(Cl)cc1Cl. The van der Waals surface area contributed by atoms with E-state index in [1.165, 1.54) is 11.8 Å². The Kier molecular flexibility index (Phi) is 4.55. The maximum atomic E-state index is 6.16. The number of nitrogens with zero attached hydrogens (tertiary/aromatic N) is 2. The van der Waals surface area contributed by atoms with E-state index in [4.69, 9.17) is 23.2 Å². The van der Waals surface area contributed by atoms with Gasteiger partial charge >= 0.3 is 0 Å². The zero-order valence-electron chi connectivity index (χ0n) is 10.8. The topological polar surface area (TPSA) is 37.8 Å². The molecule has 0 unspecified atom stereocenters. The number of nitrogens with one attached hydrogen (secondary N) is 1. The fourth-order valence-corrected chi connectivity index (χ4v) is 3.15. The van der Waals surface area contributed by atoms with Crippen molar-refractivity contribution in [1.82, 2.24) is 9.97 Å². The van der Waals surface area contributed by atoms with E-state index in [0.29, 0.717) is 20.9 Å². The van der Waals surface area contributed by atoms with Gasteiger partial charge in [-0.3, -0.25) is 0 Å². The Morgan fingerprint density at radius 1 is 1.05 bits per heavy atom. The molecule has 0 bridgehead atoms. The first kappa shape index (κ1) is 14.4. The largest absolute Gasteiger partial charge is 0.372 e. The minimum atomic E-state index is 0.505. The molecule has 0 aliphatic rings. The second kappa shape index (κ2) is 5.99. The number of hydrogen-bond acceptors (Lipinski definition) is 4. The number of hydrogen-bond donors (Lipinski definition) is 1. The predicted octanol–water partition coefficient (Wildman–Crippen LogP) is 4.59. The van der Waals surface area contributed by atoms with Crippen LogP contribution in [-0.4, -0.2) is 17.0 Å². The molecule has 0 atom stereocenters. The number of aryl methyl sites for hydroxylation is 2. The Balaban J connectivity index is 2.37. The lowest BCUT2D eigenvalue weighted by Gasteiger charge is -2.08. The van der Waals surface area contributed by atoms with Crippen LogP contribution in [-0.2, 0) is 0 Å². The van der Waals surface area contributed by atoms with Crippen molar-refractivity contribution in [3.05, 3.63) is 39.5 Å². The smallest absolute Gasteiger partial charge is 0.146 e. The molecular weight excluding hydrogens is 301 g/mol. The van der Waals surface area contributed by atoms with Gasteiger partial charge in [0.1, 0.15) is 15.9 Å². The molecule has 0 saturated heterocycles. The molecule has 0 amide bonds. The number of aromatic nitrogens is 2. The number of halogens is 2. The quantitative estimate of drug-likeness (QED) is 0.899. The van der Waals surface area contributed by atoms with Gasteiger partial charge in [0.2, 0.25) is 0 Å². The molecule has 0 radical (unpaired) electrons. The summed E-state index contributed by atoms with van der Waals surface area (Å²) >= 11 is 13.6. The van der Waals surface area contributed by atoms with Crippen LogP contribution in [0.15, 0.2) is 28.3 Å². The van der Waals surface area contributed by atoms with Crippen LogP contribution in [0.1, 0.15) is 11.3 Å². The fraction of sp³-hybridized carbons (Fsp3) is 0.231. The molecule has 3 nitrogen and oxygen atoms in total. The highest BCUT2D eigenvalue weighted by molar-refractivity contribution is 7.99. The zero-order chi connectivity index (χ0) is 14.0. The van der Waals surface area contributed by atoms with E-state index >= 15 is 0 Å². The van der Waals surface area contributed by atoms with Crippen LogP contribution >= 0.6 is 35.0 Å². The second-order valence-electron chi connectivity index (χ2n) is 4.08. The Morgan fingerprint density at radius 3 is 2.42 bits per heavy atom. The summed E-state index contributed by atoms with van der Waals surface area (Å²) in [6, 6.07) is 5.72. The van der Waals surface area contributed by atoms with Crippen molar-refractivity contribution in [3.8, 4) is 0 Å². The summed E-state index contributed by atoms with van der Waals surface area (Å²) in [5.74, 6) is 0.609. The van der Waals surface area contributed by atoms with Crippen LogP contribution in [0.5, 0.6) is 0 Å². The highest BCUT2D eigenvalue weighted by atomic mass is 35.5. The minimum Gasteiger partial charge on any atom is -0.372 e. The van der Waals surface area contributed by atoms with Crippen LogP contribution in [0.4, 0.5) is 5.82 Å². The van der Waals surface area contributed by atoms with Gasteiger partial charge in [-0.05, 0) is 49.4 Å². The summed E-state index contributed by atoms with van der Waals surface area (Å²) < 4.78 is 0. The van der Waals surface area contributed by atoms with Crippen LogP contribution in [0.25, 0.3) is 0 Å². The summed E-state index contributed by atoms with van der Waals surface area (Å²) in [6.07, 6.45) is 0. The van der Waals surface area contributed by atoms with E-state index in [2.05, 4.69) is 15.3 Å². The third kappa shape index (κ3) is 3.53. The third-order valence-electron chi connectivity index (χ3n) is 2.41. The Morgan fingerprint density at radius 2 is 1.79 bits per heavy atom. The Bertz CT molecular complexity index is 597. The summed E-state index contributed by atoms with van der Waals surface area (Å²) in [5, 5.41) is 5.52. The van der Waals surface area contributed by atoms with Gasteiger partial charge in [0, 0.05) is 12.7 Å². The van der Waals surface area contributed by atoms with E-state index in [-0.39, 0.29) is 0 Å². The highest BCUT2D eigenvalue weighted by Crippen LogP contribution is 2.35. The van der Waals surface area contributed by atoms with E-state index in [1.54, 1.807) is 13.1 Å². The van der Waals surface area contributed by atoms with Crippen molar-refractivity contribution in [2.75, 3.05) is 12.4 Å². The van der Waals surface area contributed by atoms with Gasteiger partial charge in [0.25, 0.3) is 0 Å². The summed E-state index contributed by atoms with van der Waals surface area (Å²) in [7, 11) is 1.77. The maximum Gasteiger partial charge on any atom is 0.146 e. The molecule has 100 valence electrons. The normalized spacial score (nSPS) is 10.6. The van der Waals surface area contributed by atoms with Crippen molar-refractivity contribution in [3.63, 3.8) is 0 Å². The molecule has 0 aliphatic carbocycles. The van der Waals surface area contributed by atoms with Gasteiger partial charge in [-0.2, -0.15) is 0 Å². The van der Waals surface area contributed by atoms with Crippen molar-refractivity contribution in [1.29, 1.82) is 0 Å². The molecule has 6 heteroatoms. The van der Waals surface area contributed by atoms with Gasteiger partial charge in [0.05, 0.1) is 10.0 Å². The van der Waals surface area contributed by atoms with Gasteiger partial charge in [-0.1, -0.05) is 23.2 Å².